The third-order valence-corrected chi connectivity index (χ3v) is 3.31. The van der Waals surface area contributed by atoms with Crippen molar-refractivity contribution >= 4 is 5.91 Å². The van der Waals surface area contributed by atoms with Gasteiger partial charge >= 0.3 is 0 Å². The maximum atomic E-state index is 12.3. The fourth-order valence-corrected chi connectivity index (χ4v) is 2.23. The van der Waals surface area contributed by atoms with Gasteiger partial charge in [-0.15, -0.1) is 0 Å². The molecule has 1 aromatic rings. The molecule has 18 heavy (non-hydrogen) atoms. The SMILES string of the molecule is COc1cc(OC)cc(C(=O)N2CCC(C)C2)c1. The maximum absolute atomic E-state index is 12.3. The summed E-state index contributed by atoms with van der Waals surface area (Å²) in [5.74, 6) is 1.92. The topological polar surface area (TPSA) is 38.8 Å². The molecule has 0 N–H and O–H groups in total. The van der Waals surface area contributed by atoms with Gasteiger partial charge in [-0.3, -0.25) is 4.79 Å². The number of hydrogen-bond acceptors (Lipinski definition) is 3. The average Bonchev–Trinajstić information content (AvgIpc) is 2.83. The normalized spacial score (nSPS) is 18.8. The number of benzene rings is 1. The van der Waals surface area contributed by atoms with Crippen LogP contribution in [0, 0.1) is 5.92 Å². The van der Waals surface area contributed by atoms with Crippen LogP contribution in [0.4, 0.5) is 0 Å². The molecule has 2 rings (SSSR count). The molecule has 1 atom stereocenters. The van der Waals surface area contributed by atoms with Crippen LogP contribution < -0.4 is 9.47 Å². The van der Waals surface area contributed by atoms with Crippen molar-refractivity contribution in [3.05, 3.63) is 23.8 Å². The van der Waals surface area contributed by atoms with Gasteiger partial charge in [0, 0.05) is 24.7 Å². The van der Waals surface area contributed by atoms with Gasteiger partial charge < -0.3 is 14.4 Å². The molecule has 0 saturated carbocycles. The number of nitrogens with zero attached hydrogens (tertiary/aromatic N) is 1. The number of carbonyl (C=O) groups is 1. The van der Waals surface area contributed by atoms with Crippen molar-refractivity contribution in [2.24, 2.45) is 5.92 Å². The predicted molar refractivity (Wildman–Crippen MR) is 69.2 cm³/mol. The Morgan fingerprint density at radius 1 is 1.22 bits per heavy atom. The minimum atomic E-state index is 0.0524. The van der Waals surface area contributed by atoms with Crippen molar-refractivity contribution in [2.45, 2.75) is 13.3 Å². The molecule has 1 unspecified atom stereocenters. The number of ether oxygens (including phenoxy) is 2. The van der Waals surface area contributed by atoms with Crippen molar-refractivity contribution in [2.75, 3.05) is 27.3 Å². The van der Waals surface area contributed by atoms with Crippen LogP contribution >= 0.6 is 0 Å². The van der Waals surface area contributed by atoms with E-state index >= 15 is 0 Å². The smallest absolute Gasteiger partial charge is 0.254 e. The van der Waals surface area contributed by atoms with E-state index < -0.39 is 0 Å². The van der Waals surface area contributed by atoms with Gasteiger partial charge in [0.05, 0.1) is 14.2 Å². The first-order chi connectivity index (χ1) is 8.63. The van der Waals surface area contributed by atoms with Gasteiger partial charge in [0.15, 0.2) is 0 Å². The molecular formula is C14H19NO3. The van der Waals surface area contributed by atoms with E-state index in [2.05, 4.69) is 6.92 Å². The van der Waals surface area contributed by atoms with Crippen LogP contribution in [-0.2, 0) is 0 Å². The summed E-state index contributed by atoms with van der Waals surface area (Å²) in [7, 11) is 3.17. The van der Waals surface area contributed by atoms with E-state index in [1.165, 1.54) is 0 Å². The number of carbonyl (C=O) groups excluding carboxylic acids is 1. The first-order valence-corrected chi connectivity index (χ1v) is 6.16. The second-order valence-corrected chi connectivity index (χ2v) is 4.75. The summed E-state index contributed by atoms with van der Waals surface area (Å²) < 4.78 is 10.4. The fourth-order valence-electron chi connectivity index (χ4n) is 2.23. The minimum Gasteiger partial charge on any atom is -0.497 e. The molecule has 4 heteroatoms. The zero-order chi connectivity index (χ0) is 13.1. The monoisotopic (exact) mass is 249 g/mol. The van der Waals surface area contributed by atoms with E-state index in [0.29, 0.717) is 23.0 Å². The largest absolute Gasteiger partial charge is 0.497 e. The Kier molecular flexibility index (Phi) is 3.75. The summed E-state index contributed by atoms with van der Waals surface area (Å²) in [5, 5.41) is 0. The number of hydrogen-bond donors (Lipinski definition) is 0. The molecule has 0 aromatic heterocycles. The first-order valence-electron chi connectivity index (χ1n) is 6.16. The van der Waals surface area contributed by atoms with Crippen molar-refractivity contribution in [3.63, 3.8) is 0 Å². The minimum absolute atomic E-state index is 0.0524. The van der Waals surface area contributed by atoms with Gasteiger partial charge in [-0.1, -0.05) is 6.92 Å². The molecule has 1 amide bonds. The molecule has 0 aliphatic carbocycles. The van der Waals surface area contributed by atoms with Gasteiger partial charge in [0.2, 0.25) is 0 Å². The molecule has 1 fully saturated rings. The Bertz CT molecular complexity index is 422. The van der Waals surface area contributed by atoms with Crippen LogP contribution in [0.5, 0.6) is 11.5 Å². The Morgan fingerprint density at radius 2 is 1.83 bits per heavy atom. The molecule has 0 spiro atoms. The lowest BCUT2D eigenvalue weighted by atomic mass is 10.1. The molecule has 0 bridgehead atoms. The third-order valence-electron chi connectivity index (χ3n) is 3.31. The van der Waals surface area contributed by atoms with Gasteiger partial charge in [0.1, 0.15) is 11.5 Å². The molecule has 1 aromatic carbocycles. The summed E-state index contributed by atoms with van der Waals surface area (Å²) in [6, 6.07) is 5.28. The molecular weight excluding hydrogens is 230 g/mol. The van der Waals surface area contributed by atoms with Crippen molar-refractivity contribution in [1.29, 1.82) is 0 Å². The van der Waals surface area contributed by atoms with Gasteiger partial charge in [-0.2, -0.15) is 0 Å². The highest BCUT2D eigenvalue weighted by molar-refractivity contribution is 5.95. The molecule has 1 saturated heterocycles. The molecule has 98 valence electrons. The van der Waals surface area contributed by atoms with Crippen LogP contribution in [-0.4, -0.2) is 38.1 Å². The molecule has 1 aliphatic rings. The quantitative estimate of drug-likeness (QED) is 0.824. The summed E-state index contributed by atoms with van der Waals surface area (Å²) in [6.45, 7) is 3.83. The van der Waals surface area contributed by atoms with Crippen molar-refractivity contribution < 1.29 is 14.3 Å². The van der Waals surface area contributed by atoms with Gasteiger partial charge in [0.25, 0.3) is 5.91 Å². The Morgan fingerprint density at radius 3 is 2.28 bits per heavy atom. The second-order valence-electron chi connectivity index (χ2n) is 4.75. The highest BCUT2D eigenvalue weighted by atomic mass is 16.5. The van der Waals surface area contributed by atoms with Gasteiger partial charge in [-0.25, -0.2) is 0 Å². The number of amides is 1. The third kappa shape index (κ3) is 2.58. The zero-order valence-corrected chi connectivity index (χ0v) is 11.1. The summed E-state index contributed by atoms with van der Waals surface area (Å²) >= 11 is 0. The van der Waals surface area contributed by atoms with E-state index in [4.69, 9.17) is 9.47 Å². The highest BCUT2D eigenvalue weighted by Crippen LogP contribution is 2.25. The summed E-state index contributed by atoms with van der Waals surface area (Å²) in [6.07, 6.45) is 1.08. The summed E-state index contributed by atoms with van der Waals surface area (Å²) in [5.41, 5.74) is 0.625. The average molecular weight is 249 g/mol. The number of methoxy groups -OCH3 is 2. The Labute approximate surface area is 107 Å². The lowest BCUT2D eigenvalue weighted by molar-refractivity contribution is 0.0787. The number of rotatable bonds is 3. The maximum Gasteiger partial charge on any atom is 0.254 e. The predicted octanol–water partition coefficient (Wildman–Crippen LogP) is 2.19. The van der Waals surface area contributed by atoms with E-state index in [1.54, 1.807) is 32.4 Å². The van der Waals surface area contributed by atoms with Crippen molar-refractivity contribution in [1.82, 2.24) is 4.90 Å². The highest BCUT2D eigenvalue weighted by Gasteiger charge is 2.24. The van der Waals surface area contributed by atoms with Crippen LogP contribution in [0.1, 0.15) is 23.7 Å². The van der Waals surface area contributed by atoms with Crippen LogP contribution in [0.15, 0.2) is 18.2 Å². The Hall–Kier alpha value is -1.71. The molecule has 0 radical (unpaired) electrons. The van der Waals surface area contributed by atoms with Gasteiger partial charge in [-0.05, 0) is 24.5 Å². The van der Waals surface area contributed by atoms with E-state index in [9.17, 15) is 4.79 Å². The van der Waals surface area contributed by atoms with Crippen molar-refractivity contribution in [3.8, 4) is 11.5 Å². The second kappa shape index (κ2) is 5.29. The fraction of sp³-hybridized carbons (Fsp3) is 0.500. The Balaban J connectivity index is 2.24. The standard InChI is InChI=1S/C14H19NO3/c1-10-4-5-15(9-10)14(16)11-6-12(17-2)8-13(7-11)18-3/h6-8,10H,4-5,9H2,1-3H3. The summed E-state index contributed by atoms with van der Waals surface area (Å²) in [4.78, 5) is 14.2. The van der Waals surface area contributed by atoms with Crippen LogP contribution in [0.25, 0.3) is 0 Å². The lowest BCUT2D eigenvalue weighted by Crippen LogP contribution is -2.28. The lowest BCUT2D eigenvalue weighted by Gasteiger charge is -2.17. The number of likely N-dealkylation sites (tertiary alicyclic amines) is 1. The molecule has 4 nitrogen and oxygen atoms in total. The van der Waals surface area contributed by atoms with Crippen LogP contribution in [0.3, 0.4) is 0 Å². The molecule has 1 heterocycles. The van der Waals surface area contributed by atoms with E-state index in [-0.39, 0.29) is 5.91 Å². The van der Waals surface area contributed by atoms with E-state index in [0.717, 1.165) is 19.5 Å². The first kappa shape index (κ1) is 12.7. The van der Waals surface area contributed by atoms with Crippen LogP contribution in [0.2, 0.25) is 0 Å². The molecule has 1 aliphatic heterocycles. The van der Waals surface area contributed by atoms with E-state index in [1.807, 2.05) is 4.90 Å². The zero-order valence-electron chi connectivity index (χ0n) is 11.1.